The van der Waals surface area contributed by atoms with E-state index >= 15 is 0 Å². The summed E-state index contributed by atoms with van der Waals surface area (Å²) < 4.78 is 5.29. The summed E-state index contributed by atoms with van der Waals surface area (Å²) in [4.78, 5) is 11.9. The smallest absolute Gasteiger partial charge is 0.343 e. The first-order valence-corrected chi connectivity index (χ1v) is 6.06. The monoisotopic (exact) mass is 280 g/mol. The van der Waals surface area contributed by atoms with Crippen LogP contribution < -0.4 is 4.74 Å². The van der Waals surface area contributed by atoms with E-state index in [2.05, 4.69) is 0 Å². The number of halogens is 2. The van der Waals surface area contributed by atoms with Gasteiger partial charge in [0.15, 0.2) is 0 Å². The van der Waals surface area contributed by atoms with E-state index in [1.807, 2.05) is 25.1 Å². The number of carbonyl (C=O) groups is 1. The van der Waals surface area contributed by atoms with E-state index in [9.17, 15) is 4.79 Å². The maximum atomic E-state index is 11.9. The van der Waals surface area contributed by atoms with E-state index in [1.54, 1.807) is 18.2 Å². The van der Waals surface area contributed by atoms with Crippen molar-refractivity contribution in [3.05, 3.63) is 63.6 Å². The number of esters is 1. The van der Waals surface area contributed by atoms with E-state index in [4.69, 9.17) is 27.9 Å². The van der Waals surface area contributed by atoms with E-state index in [1.165, 1.54) is 6.07 Å². The lowest BCUT2D eigenvalue weighted by Crippen LogP contribution is -2.09. The highest BCUT2D eigenvalue weighted by atomic mass is 35.5. The molecule has 2 nitrogen and oxygen atoms in total. The number of benzene rings is 2. The fourth-order valence-corrected chi connectivity index (χ4v) is 1.75. The van der Waals surface area contributed by atoms with Crippen molar-refractivity contribution in [1.29, 1.82) is 0 Å². The van der Waals surface area contributed by atoms with Gasteiger partial charge in [0.1, 0.15) is 5.75 Å². The van der Waals surface area contributed by atoms with Crippen molar-refractivity contribution in [3.63, 3.8) is 0 Å². The average Bonchev–Trinajstić information content (AvgIpc) is 2.35. The first-order chi connectivity index (χ1) is 8.58. The van der Waals surface area contributed by atoms with Gasteiger partial charge in [0.05, 0.1) is 15.6 Å². The number of hydrogen-bond donors (Lipinski definition) is 0. The number of ether oxygens (including phenoxy) is 1. The molecule has 0 saturated carbocycles. The fourth-order valence-electron chi connectivity index (χ4n) is 1.45. The Hall–Kier alpha value is -1.51. The van der Waals surface area contributed by atoms with Crippen LogP contribution in [-0.2, 0) is 0 Å². The third-order valence-corrected chi connectivity index (χ3v) is 3.19. The molecule has 0 radical (unpaired) electrons. The largest absolute Gasteiger partial charge is 0.423 e. The zero-order valence-electron chi connectivity index (χ0n) is 9.61. The summed E-state index contributed by atoms with van der Waals surface area (Å²) in [5, 5.41) is 0.736. The number of aryl methyl sites for hydroxylation is 1. The van der Waals surface area contributed by atoms with Gasteiger partial charge in [-0.2, -0.15) is 0 Å². The minimum Gasteiger partial charge on any atom is -0.423 e. The molecule has 0 bridgehead atoms. The zero-order chi connectivity index (χ0) is 13.1. The first kappa shape index (κ1) is 12.9. The van der Waals surface area contributed by atoms with Gasteiger partial charge in [-0.25, -0.2) is 4.79 Å². The second-order valence-electron chi connectivity index (χ2n) is 3.78. The molecule has 0 aliphatic rings. The highest BCUT2D eigenvalue weighted by molar-refractivity contribution is 6.42. The molecule has 0 N–H and O–H groups in total. The second-order valence-corrected chi connectivity index (χ2v) is 4.60. The van der Waals surface area contributed by atoms with E-state index in [-0.39, 0.29) is 0 Å². The maximum Gasteiger partial charge on any atom is 0.343 e. The van der Waals surface area contributed by atoms with Gasteiger partial charge < -0.3 is 4.74 Å². The lowest BCUT2D eigenvalue weighted by molar-refractivity contribution is 0.0733. The van der Waals surface area contributed by atoms with Crippen molar-refractivity contribution >= 4 is 29.2 Å². The molecular weight excluding hydrogens is 271 g/mol. The molecule has 2 rings (SSSR count). The van der Waals surface area contributed by atoms with Gasteiger partial charge in [-0.1, -0.05) is 41.4 Å². The topological polar surface area (TPSA) is 26.3 Å². The number of para-hydroxylation sites is 1. The normalized spacial score (nSPS) is 10.2. The van der Waals surface area contributed by atoms with Crippen molar-refractivity contribution in [2.45, 2.75) is 6.92 Å². The Balaban J connectivity index is 2.22. The predicted octanol–water partition coefficient (Wildman–Crippen LogP) is 4.52. The van der Waals surface area contributed by atoms with Crippen molar-refractivity contribution in [2.24, 2.45) is 0 Å². The summed E-state index contributed by atoms with van der Waals surface area (Å²) in [5.41, 5.74) is 1.26. The van der Waals surface area contributed by atoms with Gasteiger partial charge in [-0.15, -0.1) is 0 Å². The highest BCUT2D eigenvalue weighted by Crippen LogP contribution is 2.24. The van der Waals surface area contributed by atoms with Crippen LogP contribution in [0.25, 0.3) is 0 Å². The quantitative estimate of drug-likeness (QED) is 0.597. The van der Waals surface area contributed by atoms with Gasteiger partial charge in [-0.3, -0.25) is 0 Å². The second kappa shape index (κ2) is 5.42. The summed E-state index contributed by atoms with van der Waals surface area (Å²) in [6, 6.07) is 11.9. The number of rotatable bonds is 2. The Morgan fingerprint density at radius 1 is 1.06 bits per heavy atom. The molecule has 0 aromatic heterocycles. The Morgan fingerprint density at radius 2 is 1.78 bits per heavy atom. The fraction of sp³-hybridized carbons (Fsp3) is 0.0714. The summed E-state index contributed by atoms with van der Waals surface area (Å²) in [7, 11) is 0. The van der Waals surface area contributed by atoms with Crippen LogP contribution >= 0.6 is 23.2 Å². The predicted molar refractivity (Wildman–Crippen MR) is 72.6 cm³/mol. The van der Waals surface area contributed by atoms with E-state index < -0.39 is 5.97 Å². The molecule has 0 atom stereocenters. The summed E-state index contributed by atoms with van der Waals surface area (Å²) in [6.45, 7) is 1.87. The molecule has 0 fully saturated rings. The van der Waals surface area contributed by atoms with Crippen LogP contribution in [0.15, 0.2) is 42.5 Å². The van der Waals surface area contributed by atoms with E-state index in [0.717, 1.165) is 5.56 Å². The van der Waals surface area contributed by atoms with Crippen molar-refractivity contribution in [2.75, 3.05) is 0 Å². The van der Waals surface area contributed by atoms with Crippen LogP contribution in [0.5, 0.6) is 5.75 Å². The summed E-state index contributed by atoms with van der Waals surface area (Å²) in [6.07, 6.45) is 0. The summed E-state index contributed by atoms with van der Waals surface area (Å²) in [5.74, 6) is 0.0800. The molecule has 92 valence electrons. The van der Waals surface area contributed by atoms with Crippen LogP contribution in [-0.4, -0.2) is 5.97 Å². The third kappa shape index (κ3) is 2.84. The minimum atomic E-state index is -0.456. The molecule has 2 aromatic carbocycles. The molecule has 0 spiro atoms. The van der Waals surface area contributed by atoms with Crippen LogP contribution in [0.4, 0.5) is 0 Å². The number of carbonyl (C=O) groups excluding carboxylic acids is 1. The van der Waals surface area contributed by atoms with Gasteiger partial charge >= 0.3 is 5.97 Å². The van der Waals surface area contributed by atoms with E-state index in [0.29, 0.717) is 21.4 Å². The minimum absolute atomic E-state index is 0.330. The molecule has 2 aromatic rings. The van der Waals surface area contributed by atoms with Crippen molar-refractivity contribution in [1.82, 2.24) is 0 Å². The van der Waals surface area contributed by atoms with Crippen LogP contribution in [0.2, 0.25) is 10.0 Å². The average molecular weight is 281 g/mol. The van der Waals surface area contributed by atoms with Gasteiger partial charge in [0.25, 0.3) is 0 Å². The van der Waals surface area contributed by atoms with Gasteiger partial charge in [0.2, 0.25) is 0 Å². The third-order valence-electron chi connectivity index (χ3n) is 2.45. The highest BCUT2D eigenvalue weighted by Gasteiger charge is 2.11. The molecular formula is C14H10Cl2O2. The molecule has 0 unspecified atom stereocenters. The molecule has 18 heavy (non-hydrogen) atoms. The Morgan fingerprint density at radius 3 is 2.44 bits per heavy atom. The Kier molecular flexibility index (Phi) is 3.90. The molecule has 0 heterocycles. The molecule has 4 heteroatoms. The van der Waals surface area contributed by atoms with Gasteiger partial charge in [-0.05, 0) is 36.8 Å². The first-order valence-electron chi connectivity index (χ1n) is 5.31. The number of hydrogen-bond acceptors (Lipinski definition) is 2. The van der Waals surface area contributed by atoms with Crippen LogP contribution in [0.1, 0.15) is 15.9 Å². The standard InChI is InChI=1S/C14H10Cl2O2/c1-9-4-2-3-5-13(9)18-14(17)10-6-7-11(15)12(16)8-10/h2-8H,1H3. The Bertz CT molecular complexity index is 594. The zero-order valence-corrected chi connectivity index (χ0v) is 11.1. The van der Waals surface area contributed by atoms with Gasteiger partial charge in [0, 0.05) is 0 Å². The molecule has 0 saturated heterocycles. The molecule has 0 aliphatic carbocycles. The summed E-state index contributed by atoms with van der Waals surface area (Å²) >= 11 is 11.6. The molecule has 0 amide bonds. The lowest BCUT2D eigenvalue weighted by Gasteiger charge is -2.07. The van der Waals surface area contributed by atoms with Crippen LogP contribution in [0, 0.1) is 6.92 Å². The molecule has 0 aliphatic heterocycles. The Labute approximate surface area is 115 Å². The van der Waals surface area contributed by atoms with Crippen LogP contribution in [0.3, 0.4) is 0 Å². The van der Waals surface area contributed by atoms with Crippen molar-refractivity contribution < 1.29 is 9.53 Å². The van der Waals surface area contributed by atoms with Crippen molar-refractivity contribution in [3.8, 4) is 5.75 Å². The SMILES string of the molecule is Cc1ccccc1OC(=O)c1ccc(Cl)c(Cl)c1. The lowest BCUT2D eigenvalue weighted by atomic mass is 10.2. The maximum absolute atomic E-state index is 11.9.